The van der Waals surface area contributed by atoms with E-state index in [9.17, 15) is 0 Å². The minimum absolute atomic E-state index is 0.717. The average Bonchev–Trinajstić information content (AvgIpc) is 2.76. The van der Waals surface area contributed by atoms with Gasteiger partial charge in [0.15, 0.2) is 0 Å². The monoisotopic (exact) mass is 237 g/mol. The Morgan fingerprint density at radius 1 is 1.31 bits per heavy atom. The number of nitrogens with zero attached hydrogens (tertiary/aromatic N) is 1. The average molecular weight is 237 g/mol. The molecule has 1 unspecified atom stereocenters. The molecule has 2 rings (SSSR count). The summed E-state index contributed by atoms with van der Waals surface area (Å²) < 4.78 is 0. The molecule has 1 aliphatic carbocycles. The molecule has 1 aromatic heterocycles. The summed E-state index contributed by atoms with van der Waals surface area (Å²) >= 11 is 1.96. The lowest BCUT2D eigenvalue weighted by atomic mass is 9.92. The first-order valence-electron chi connectivity index (χ1n) is 6.67. The van der Waals surface area contributed by atoms with Crippen molar-refractivity contribution in [3.8, 4) is 0 Å². The van der Waals surface area contributed by atoms with Crippen molar-refractivity contribution in [2.75, 3.05) is 13.1 Å². The van der Waals surface area contributed by atoms with Gasteiger partial charge in [-0.2, -0.15) is 0 Å². The van der Waals surface area contributed by atoms with E-state index in [0.29, 0.717) is 0 Å². The third kappa shape index (κ3) is 2.49. The molecule has 1 atom stereocenters. The van der Waals surface area contributed by atoms with Crippen LogP contribution in [0.1, 0.15) is 56.0 Å². The Labute approximate surface area is 103 Å². The number of hydrogen-bond donors (Lipinski definition) is 0. The van der Waals surface area contributed by atoms with Crippen molar-refractivity contribution >= 4 is 11.3 Å². The zero-order valence-corrected chi connectivity index (χ0v) is 11.4. The third-order valence-corrected chi connectivity index (χ3v) is 4.48. The van der Waals surface area contributed by atoms with Gasteiger partial charge in [0.05, 0.1) is 0 Å². The van der Waals surface area contributed by atoms with Crippen LogP contribution in [-0.4, -0.2) is 18.0 Å². The fourth-order valence-electron chi connectivity index (χ4n) is 2.84. The van der Waals surface area contributed by atoms with Crippen molar-refractivity contribution in [2.45, 2.75) is 52.0 Å². The fraction of sp³-hybridized carbons (Fsp3) is 0.714. The molecular weight excluding hydrogens is 214 g/mol. The maximum absolute atomic E-state index is 2.70. The highest BCUT2D eigenvalue weighted by Crippen LogP contribution is 2.37. The summed E-state index contributed by atoms with van der Waals surface area (Å²) in [5, 5.41) is 2.28. The molecular formula is C14H23NS. The number of hydrogen-bond acceptors (Lipinski definition) is 2. The molecule has 1 nitrogen and oxygen atoms in total. The van der Waals surface area contributed by atoms with Gasteiger partial charge in [-0.05, 0) is 62.2 Å². The van der Waals surface area contributed by atoms with Gasteiger partial charge in [-0.15, -0.1) is 11.3 Å². The SMILES string of the molecule is CCCN(CCC)C1CCCc2sccc21. The van der Waals surface area contributed by atoms with Crippen molar-refractivity contribution in [3.05, 3.63) is 21.9 Å². The van der Waals surface area contributed by atoms with Crippen LogP contribution in [0, 0.1) is 0 Å². The lowest BCUT2D eigenvalue weighted by Crippen LogP contribution is -2.32. The van der Waals surface area contributed by atoms with E-state index in [-0.39, 0.29) is 0 Å². The Balaban J connectivity index is 2.14. The molecule has 16 heavy (non-hydrogen) atoms. The lowest BCUT2D eigenvalue weighted by Gasteiger charge is -2.34. The summed E-state index contributed by atoms with van der Waals surface area (Å²) in [4.78, 5) is 4.35. The van der Waals surface area contributed by atoms with Crippen molar-refractivity contribution in [1.82, 2.24) is 4.90 Å². The number of fused-ring (bicyclic) bond motifs is 1. The summed E-state index contributed by atoms with van der Waals surface area (Å²) in [5.74, 6) is 0. The van der Waals surface area contributed by atoms with Crippen LogP contribution < -0.4 is 0 Å². The van der Waals surface area contributed by atoms with Crippen LogP contribution >= 0.6 is 11.3 Å². The van der Waals surface area contributed by atoms with Crippen molar-refractivity contribution in [1.29, 1.82) is 0 Å². The van der Waals surface area contributed by atoms with Crippen LogP contribution in [0.15, 0.2) is 11.4 Å². The van der Waals surface area contributed by atoms with E-state index in [1.54, 1.807) is 10.4 Å². The van der Waals surface area contributed by atoms with E-state index in [1.165, 1.54) is 45.2 Å². The minimum atomic E-state index is 0.717. The van der Waals surface area contributed by atoms with E-state index in [1.807, 2.05) is 11.3 Å². The maximum Gasteiger partial charge on any atom is 0.0359 e. The molecule has 0 bridgehead atoms. The molecule has 0 saturated heterocycles. The Kier molecular flexibility index (Phi) is 4.42. The molecule has 0 fully saturated rings. The molecule has 0 aliphatic heterocycles. The number of aryl methyl sites for hydroxylation is 1. The molecule has 90 valence electrons. The van der Waals surface area contributed by atoms with E-state index in [0.717, 1.165) is 6.04 Å². The van der Waals surface area contributed by atoms with Gasteiger partial charge in [0.2, 0.25) is 0 Å². The highest BCUT2D eigenvalue weighted by atomic mass is 32.1. The van der Waals surface area contributed by atoms with Gasteiger partial charge in [-0.1, -0.05) is 13.8 Å². The molecule has 1 heterocycles. The van der Waals surface area contributed by atoms with Gasteiger partial charge in [0.1, 0.15) is 0 Å². The van der Waals surface area contributed by atoms with Crippen LogP contribution in [0.2, 0.25) is 0 Å². The van der Waals surface area contributed by atoms with E-state index < -0.39 is 0 Å². The third-order valence-electron chi connectivity index (χ3n) is 3.48. The first-order valence-corrected chi connectivity index (χ1v) is 7.55. The first kappa shape index (κ1) is 12.1. The summed E-state index contributed by atoms with van der Waals surface area (Å²) in [7, 11) is 0. The predicted molar refractivity (Wildman–Crippen MR) is 72.2 cm³/mol. The molecule has 0 amide bonds. The molecule has 0 N–H and O–H groups in total. The fourth-order valence-corrected chi connectivity index (χ4v) is 3.82. The normalized spacial score (nSPS) is 20.1. The van der Waals surface area contributed by atoms with Crippen molar-refractivity contribution in [2.24, 2.45) is 0 Å². The van der Waals surface area contributed by atoms with E-state index in [4.69, 9.17) is 0 Å². The standard InChI is InChI=1S/C14H23NS/c1-3-9-15(10-4-2)13-6-5-7-14-12(13)8-11-16-14/h8,11,13H,3-7,9-10H2,1-2H3. The topological polar surface area (TPSA) is 3.24 Å². The zero-order chi connectivity index (χ0) is 11.4. The van der Waals surface area contributed by atoms with Gasteiger partial charge in [-0.25, -0.2) is 0 Å². The first-order chi connectivity index (χ1) is 7.86. The Morgan fingerprint density at radius 3 is 2.75 bits per heavy atom. The second-order valence-corrected chi connectivity index (χ2v) is 5.74. The Bertz CT molecular complexity index is 312. The van der Waals surface area contributed by atoms with Gasteiger partial charge in [0.25, 0.3) is 0 Å². The summed E-state index contributed by atoms with van der Waals surface area (Å²) in [6, 6.07) is 3.08. The maximum atomic E-state index is 2.70. The smallest absolute Gasteiger partial charge is 0.0359 e. The van der Waals surface area contributed by atoms with Gasteiger partial charge < -0.3 is 0 Å². The largest absolute Gasteiger partial charge is 0.296 e. The highest BCUT2D eigenvalue weighted by Gasteiger charge is 2.25. The number of rotatable bonds is 5. The molecule has 0 spiro atoms. The number of thiophene rings is 1. The van der Waals surface area contributed by atoms with Gasteiger partial charge >= 0.3 is 0 Å². The molecule has 1 aliphatic rings. The second-order valence-electron chi connectivity index (χ2n) is 4.74. The van der Waals surface area contributed by atoms with E-state index in [2.05, 4.69) is 30.2 Å². The lowest BCUT2D eigenvalue weighted by molar-refractivity contribution is 0.180. The van der Waals surface area contributed by atoms with Crippen LogP contribution in [0.3, 0.4) is 0 Å². The van der Waals surface area contributed by atoms with Gasteiger partial charge in [0, 0.05) is 10.9 Å². The minimum Gasteiger partial charge on any atom is -0.296 e. The molecule has 2 heteroatoms. The van der Waals surface area contributed by atoms with Crippen LogP contribution in [0.5, 0.6) is 0 Å². The zero-order valence-electron chi connectivity index (χ0n) is 10.5. The molecule has 1 aromatic rings. The Hall–Kier alpha value is -0.340. The van der Waals surface area contributed by atoms with Crippen LogP contribution in [0.4, 0.5) is 0 Å². The summed E-state index contributed by atoms with van der Waals surface area (Å²) in [5.41, 5.74) is 1.64. The summed E-state index contributed by atoms with van der Waals surface area (Å²) in [6.45, 7) is 7.10. The van der Waals surface area contributed by atoms with Crippen LogP contribution in [-0.2, 0) is 6.42 Å². The highest BCUT2D eigenvalue weighted by molar-refractivity contribution is 7.10. The molecule has 0 aromatic carbocycles. The molecule has 0 saturated carbocycles. The summed E-state index contributed by atoms with van der Waals surface area (Å²) in [6.07, 6.45) is 6.60. The van der Waals surface area contributed by atoms with Crippen LogP contribution in [0.25, 0.3) is 0 Å². The molecule has 0 radical (unpaired) electrons. The Morgan fingerprint density at radius 2 is 2.06 bits per heavy atom. The quantitative estimate of drug-likeness (QED) is 0.740. The van der Waals surface area contributed by atoms with E-state index >= 15 is 0 Å². The van der Waals surface area contributed by atoms with Crippen molar-refractivity contribution < 1.29 is 0 Å². The van der Waals surface area contributed by atoms with Crippen molar-refractivity contribution in [3.63, 3.8) is 0 Å². The second kappa shape index (κ2) is 5.83. The predicted octanol–water partition coefficient (Wildman–Crippen LogP) is 4.25. The van der Waals surface area contributed by atoms with Gasteiger partial charge in [-0.3, -0.25) is 4.90 Å².